The van der Waals surface area contributed by atoms with Crippen LogP contribution in [-0.4, -0.2) is 23.8 Å². The van der Waals surface area contributed by atoms with Gasteiger partial charge in [-0.05, 0) is 63.5 Å². The molecule has 0 bridgehead atoms. The van der Waals surface area contributed by atoms with Gasteiger partial charge in [0.05, 0.1) is 0 Å². The van der Waals surface area contributed by atoms with Crippen LogP contribution in [0.15, 0.2) is 42.5 Å². The molecule has 0 amide bonds. The lowest BCUT2D eigenvalue weighted by molar-refractivity contribution is -0.155. The minimum atomic E-state index is -1.58. The molecule has 1 atom stereocenters. The van der Waals surface area contributed by atoms with Gasteiger partial charge < -0.3 is 16.2 Å². The Balaban J connectivity index is 2.25. The quantitative estimate of drug-likeness (QED) is 0.0719. The number of Topliss-reactive ketones (excluding diaryl/α,β-unsaturated/α-hetero) is 1. The van der Waals surface area contributed by atoms with Crippen molar-refractivity contribution >= 4 is 11.8 Å². The molecule has 0 saturated heterocycles. The van der Waals surface area contributed by atoms with Gasteiger partial charge in [-0.25, -0.2) is 4.79 Å². The van der Waals surface area contributed by atoms with Crippen molar-refractivity contribution in [3.05, 3.63) is 48.0 Å². The maximum Gasteiger partial charge on any atom is 0.334 e. The molecule has 0 radical (unpaired) electrons. The fourth-order valence-corrected chi connectivity index (χ4v) is 4.33. The van der Waals surface area contributed by atoms with E-state index >= 15 is 0 Å². The van der Waals surface area contributed by atoms with Gasteiger partial charge in [0.2, 0.25) is 0 Å². The molecule has 0 aliphatic heterocycles. The van der Waals surface area contributed by atoms with E-state index in [0.717, 1.165) is 37.7 Å². The second kappa shape index (κ2) is 21.1. The summed E-state index contributed by atoms with van der Waals surface area (Å²) in [4.78, 5) is 25.8. The van der Waals surface area contributed by atoms with Crippen LogP contribution >= 0.6 is 0 Å². The number of carbonyl (C=O) groups is 2. The topological polar surface area (TPSA) is 95.4 Å². The SMILES string of the molecule is CCCCCCCC/C=C\CCCCCCCC(=O)[C@](N)(CCCCN)C(=O)OCc1ccccc1. The van der Waals surface area contributed by atoms with Gasteiger partial charge in [0, 0.05) is 6.42 Å². The molecule has 0 aromatic heterocycles. The van der Waals surface area contributed by atoms with Gasteiger partial charge in [-0.1, -0.05) is 101 Å². The maximum absolute atomic E-state index is 13.0. The van der Waals surface area contributed by atoms with Crippen molar-refractivity contribution < 1.29 is 14.3 Å². The van der Waals surface area contributed by atoms with Gasteiger partial charge in [-0.2, -0.15) is 0 Å². The van der Waals surface area contributed by atoms with Crippen LogP contribution in [0, 0.1) is 0 Å². The fraction of sp³-hybridized carbons (Fsp3) is 0.677. The van der Waals surface area contributed by atoms with Crippen LogP contribution in [0.2, 0.25) is 0 Å². The van der Waals surface area contributed by atoms with Crippen molar-refractivity contribution in [2.45, 2.75) is 128 Å². The van der Waals surface area contributed by atoms with Crippen molar-refractivity contribution in [2.24, 2.45) is 11.5 Å². The number of ether oxygens (including phenoxy) is 1. The van der Waals surface area contributed by atoms with Gasteiger partial charge in [-0.15, -0.1) is 0 Å². The van der Waals surface area contributed by atoms with E-state index in [1.807, 2.05) is 30.3 Å². The number of hydrogen-bond donors (Lipinski definition) is 2. The summed E-state index contributed by atoms with van der Waals surface area (Å²) < 4.78 is 5.45. The first-order valence-electron chi connectivity index (χ1n) is 14.4. The highest BCUT2D eigenvalue weighted by atomic mass is 16.5. The molecular formula is C31H52N2O3. The molecular weight excluding hydrogens is 448 g/mol. The zero-order valence-electron chi connectivity index (χ0n) is 22.9. The summed E-state index contributed by atoms with van der Waals surface area (Å²) in [5.41, 5.74) is 11.3. The van der Waals surface area contributed by atoms with Crippen LogP contribution in [0.1, 0.15) is 122 Å². The van der Waals surface area contributed by atoms with E-state index in [2.05, 4.69) is 19.1 Å². The van der Waals surface area contributed by atoms with Crippen LogP contribution in [0.5, 0.6) is 0 Å². The molecule has 0 aliphatic rings. The number of benzene rings is 1. The highest BCUT2D eigenvalue weighted by molar-refractivity contribution is 6.08. The Morgan fingerprint density at radius 2 is 1.39 bits per heavy atom. The summed E-state index contributed by atoms with van der Waals surface area (Å²) >= 11 is 0. The van der Waals surface area contributed by atoms with Gasteiger partial charge in [0.25, 0.3) is 0 Å². The fourth-order valence-electron chi connectivity index (χ4n) is 4.33. The average molecular weight is 501 g/mol. The van der Waals surface area contributed by atoms with Gasteiger partial charge in [-0.3, -0.25) is 4.79 Å². The number of rotatable bonds is 23. The summed E-state index contributed by atoms with van der Waals surface area (Å²) in [6.45, 7) is 2.89. The predicted octanol–water partition coefficient (Wildman–Crippen LogP) is 7.16. The molecule has 5 nitrogen and oxygen atoms in total. The van der Waals surface area contributed by atoms with E-state index in [4.69, 9.17) is 16.2 Å². The molecule has 0 saturated carbocycles. The van der Waals surface area contributed by atoms with Crippen LogP contribution < -0.4 is 11.5 Å². The summed E-state index contributed by atoms with van der Waals surface area (Å²) in [5, 5.41) is 0. The van der Waals surface area contributed by atoms with Gasteiger partial charge in [0.15, 0.2) is 11.3 Å². The van der Waals surface area contributed by atoms with E-state index in [1.165, 1.54) is 57.8 Å². The lowest BCUT2D eigenvalue weighted by Crippen LogP contribution is -2.55. The molecule has 5 heteroatoms. The largest absolute Gasteiger partial charge is 0.459 e. The number of unbranched alkanes of at least 4 members (excludes halogenated alkanes) is 12. The van der Waals surface area contributed by atoms with Crippen LogP contribution in [-0.2, 0) is 20.9 Å². The first kappa shape index (κ1) is 32.0. The third kappa shape index (κ3) is 14.5. The molecule has 0 heterocycles. The standard InChI is InChI=1S/C31H52N2O3/c1-2-3-4-5-6-7-8-9-10-11-12-13-14-15-19-24-29(34)31(33,25-20-21-26-32)30(35)36-27-28-22-17-16-18-23-28/h9-10,16-18,22-23H,2-8,11-15,19-21,24-27,32-33H2,1H3/b10-9-/t31-/m1/s1. The molecule has 1 aromatic carbocycles. The van der Waals surface area contributed by atoms with E-state index in [-0.39, 0.29) is 18.8 Å². The highest BCUT2D eigenvalue weighted by Crippen LogP contribution is 2.20. The Bertz CT molecular complexity index is 720. The van der Waals surface area contributed by atoms with E-state index in [0.29, 0.717) is 19.4 Å². The van der Waals surface area contributed by atoms with Crippen molar-refractivity contribution in [2.75, 3.05) is 6.54 Å². The molecule has 1 rings (SSSR count). The number of nitrogens with two attached hydrogens (primary N) is 2. The van der Waals surface area contributed by atoms with Gasteiger partial charge >= 0.3 is 5.97 Å². The zero-order chi connectivity index (χ0) is 26.3. The van der Waals surface area contributed by atoms with Gasteiger partial charge in [0.1, 0.15) is 6.61 Å². The summed E-state index contributed by atoms with van der Waals surface area (Å²) in [5.74, 6) is -0.837. The number of hydrogen-bond acceptors (Lipinski definition) is 5. The van der Waals surface area contributed by atoms with E-state index in [9.17, 15) is 9.59 Å². The third-order valence-electron chi connectivity index (χ3n) is 6.77. The van der Waals surface area contributed by atoms with Crippen molar-refractivity contribution in [3.63, 3.8) is 0 Å². The van der Waals surface area contributed by atoms with E-state index in [1.54, 1.807) is 0 Å². The zero-order valence-corrected chi connectivity index (χ0v) is 22.9. The molecule has 4 N–H and O–H groups in total. The molecule has 36 heavy (non-hydrogen) atoms. The molecule has 0 spiro atoms. The first-order chi connectivity index (χ1) is 17.5. The van der Waals surface area contributed by atoms with E-state index < -0.39 is 11.5 Å². The monoisotopic (exact) mass is 500 g/mol. The Kier molecular flexibility index (Phi) is 18.8. The minimum absolute atomic E-state index is 0.121. The number of esters is 1. The number of carbonyl (C=O) groups excluding carboxylic acids is 2. The molecule has 0 fully saturated rings. The van der Waals surface area contributed by atoms with Crippen molar-refractivity contribution in [3.8, 4) is 0 Å². The number of ketones is 1. The Hall–Kier alpha value is -1.98. The van der Waals surface area contributed by atoms with Crippen molar-refractivity contribution in [1.82, 2.24) is 0 Å². The number of allylic oxidation sites excluding steroid dienone is 2. The predicted molar refractivity (Wildman–Crippen MR) is 151 cm³/mol. The first-order valence-corrected chi connectivity index (χ1v) is 14.4. The van der Waals surface area contributed by atoms with Crippen LogP contribution in [0.4, 0.5) is 0 Å². The highest BCUT2D eigenvalue weighted by Gasteiger charge is 2.42. The average Bonchev–Trinajstić information content (AvgIpc) is 2.89. The molecule has 0 aliphatic carbocycles. The summed E-state index contributed by atoms with van der Waals surface area (Å²) in [7, 11) is 0. The smallest absolute Gasteiger partial charge is 0.334 e. The Morgan fingerprint density at radius 1 is 0.806 bits per heavy atom. The third-order valence-corrected chi connectivity index (χ3v) is 6.77. The minimum Gasteiger partial charge on any atom is -0.459 e. The van der Waals surface area contributed by atoms with Crippen molar-refractivity contribution in [1.29, 1.82) is 0 Å². The van der Waals surface area contributed by atoms with Crippen LogP contribution in [0.3, 0.4) is 0 Å². The molecule has 1 aromatic rings. The lowest BCUT2D eigenvalue weighted by atomic mass is 9.86. The maximum atomic E-state index is 13.0. The lowest BCUT2D eigenvalue weighted by Gasteiger charge is -2.26. The Labute approximate surface area is 220 Å². The Morgan fingerprint density at radius 3 is 2.00 bits per heavy atom. The summed E-state index contributed by atoms with van der Waals surface area (Å²) in [6.07, 6.45) is 22.2. The molecule has 204 valence electrons. The second-order valence-corrected chi connectivity index (χ2v) is 10.0. The van der Waals surface area contributed by atoms with Crippen LogP contribution in [0.25, 0.3) is 0 Å². The molecule has 0 unspecified atom stereocenters. The normalized spacial score (nSPS) is 13.1. The summed E-state index contributed by atoms with van der Waals surface area (Å²) in [6, 6.07) is 9.44. The second-order valence-electron chi connectivity index (χ2n) is 10.0.